The van der Waals surface area contributed by atoms with Gasteiger partial charge in [-0.05, 0) is 6.42 Å². The maximum Gasteiger partial charge on any atom is 0.305 e. The minimum absolute atomic E-state index is 0.0239. The molecule has 4 nitrogen and oxygen atoms in total. The number of nitrogens with one attached hydrogen (secondary N) is 1. The van der Waals surface area contributed by atoms with Gasteiger partial charge in [0.1, 0.15) is 0 Å². The van der Waals surface area contributed by atoms with Gasteiger partial charge < -0.3 is 10.4 Å². The van der Waals surface area contributed by atoms with Crippen LogP contribution in [0.3, 0.4) is 0 Å². The van der Waals surface area contributed by atoms with E-state index >= 15 is 0 Å². The van der Waals surface area contributed by atoms with Gasteiger partial charge in [0.05, 0.1) is 6.42 Å². The molecule has 4 heteroatoms. The zero-order valence-electron chi connectivity index (χ0n) is 12.4. The number of hydrogen-bond donors (Lipinski definition) is 2. The summed E-state index contributed by atoms with van der Waals surface area (Å²) in [6, 6.07) is -0.213. The molecule has 1 amide bonds. The second-order valence-corrected chi connectivity index (χ2v) is 5.26. The zero-order valence-corrected chi connectivity index (χ0v) is 12.4. The van der Waals surface area contributed by atoms with Crippen LogP contribution in [-0.2, 0) is 9.59 Å². The van der Waals surface area contributed by atoms with E-state index in [1.807, 2.05) is 0 Å². The Bertz CT molecular complexity index is 238. The topological polar surface area (TPSA) is 66.4 Å². The van der Waals surface area contributed by atoms with Crippen molar-refractivity contribution in [1.82, 2.24) is 5.32 Å². The van der Waals surface area contributed by atoms with Crippen LogP contribution in [0.2, 0.25) is 0 Å². The molecule has 112 valence electrons. The van der Waals surface area contributed by atoms with Crippen molar-refractivity contribution < 1.29 is 14.7 Å². The molecule has 0 heterocycles. The van der Waals surface area contributed by atoms with Gasteiger partial charge in [-0.1, -0.05) is 58.3 Å². The molecule has 1 unspecified atom stereocenters. The molecular weight excluding hydrogens is 242 g/mol. The quantitative estimate of drug-likeness (QED) is 0.534. The van der Waals surface area contributed by atoms with Crippen LogP contribution in [0.15, 0.2) is 0 Å². The molecule has 0 saturated carbocycles. The summed E-state index contributed by atoms with van der Waals surface area (Å²) in [4.78, 5) is 21.6. The van der Waals surface area contributed by atoms with Gasteiger partial charge in [-0.2, -0.15) is 0 Å². The second kappa shape index (κ2) is 12.0. The van der Waals surface area contributed by atoms with Crippen molar-refractivity contribution in [3.8, 4) is 0 Å². The highest BCUT2D eigenvalue weighted by Crippen LogP contribution is 2.11. The minimum Gasteiger partial charge on any atom is -0.481 e. The van der Waals surface area contributed by atoms with Crippen molar-refractivity contribution in [2.75, 3.05) is 0 Å². The van der Waals surface area contributed by atoms with Crippen LogP contribution in [0.25, 0.3) is 0 Å². The fraction of sp³-hybridized carbons (Fsp3) is 0.867. The Labute approximate surface area is 117 Å². The molecular formula is C15H29NO3. The monoisotopic (exact) mass is 271 g/mol. The Morgan fingerprint density at radius 2 is 1.53 bits per heavy atom. The summed E-state index contributed by atoms with van der Waals surface area (Å²) in [5.74, 6) is -0.996. The van der Waals surface area contributed by atoms with Gasteiger partial charge in [-0.3, -0.25) is 9.59 Å². The van der Waals surface area contributed by atoms with E-state index in [0.717, 1.165) is 19.3 Å². The molecule has 0 aliphatic carbocycles. The number of aliphatic carboxylic acids is 1. The summed E-state index contributed by atoms with van der Waals surface area (Å²) in [5.41, 5.74) is 0. The number of carboxylic acid groups (broad SMARTS) is 1. The number of carbonyl (C=O) groups is 2. The van der Waals surface area contributed by atoms with E-state index in [9.17, 15) is 9.59 Å². The van der Waals surface area contributed by atoms with Gasteiger partial charge in [-0.15, -0.1) is 0 Å². The van der Waals surface area contributed by atoms with E-state index in [1.165, 1.54) is 45.4 Å². The molecule has 2 N–H and O–H groups in total. The van der Waals surface area contributed by atoms with Crippen molar-refractivity contribution in [3.63, 3.8) is 0 Å². The first-order valence-corrected chi connectivity index (χ1v) is 7.55. The lowest BCUT2D eigenvalue weighted by molar-refractivity contribution is -0.137. The summed E-state index contributed by atoms with van der Waals surface area (Å²) in [6.45, 7) is 3.65. The van der Waals surface area contributed by atoms with Crippen LogP contribution in [0, 0.1) is 0 Å². The van der Waals surface area contributed by atoms with E-state index in [0.29, 0.717) is 0 Å². The zero-order chi connectivity index (χ0) is 14.5. The smallest absolute Gasteiger partial charge is 0.305 e. The van der Waals surface area contributed by atoms with Crippen LogP contribution in [0.4, 0.5) is 0 Å². The van der Waals surface area contributed by atoms with Gasteiger partial charge in [0.25, 0.3) is 0 Å². The normalized spacial score (nSPS) is 12.1. The number of hydrogen-bond acceptors (Lipinski definition) is 2. The molecule has 0 aromatic carbocycles. The van der Waals surface area contributed by atoms with Crippen LogP contribution < -0.4 is 5.32 Å². The Hall–Kier alpha value is -1.06. The molecule has 0 rings (SSSR count). The predicted octanol–water partition coefficient (Wildman–Crippen LogP) is 3.50. The van der Waals surface area contributed by atoms with Crippen LogP contribution >= 0.6 is 0 Å². The van der Waals surface area contributed by atoms with E-state index in [-0.39, 0.29) is 18.4 Å². The van der Waals surface area contributed by atoms with Gasteiger partial charge in [-0.25, -0.2) is 0 Å². The van der Waals surface area contributed by atoms with Gasteiger partial charge in [0.2, 0.25) is 5.91 Å². The largest absolute Gasteiger partial charge is 0.481 e. The van der Waals surface area contributed by atoms with Crippen LogP contribution in [0.5, 0.6) is 0 Å². The number of carboxylic acids is 1. The Balaban J connectivity index is 3.57. The first-order chi connectivity index (χ1) is 9.06. The average molecular weight is 271 g/mol. The number of unbranched alkanes of at least 4 members (excludes halogenated alkanes) is 7. The van der Waals surface area contributed by atoms with Crippen molar-refractivity contribution in [1.29, 1.82) is 0 Å². The van der Waals surface area contributed by atoms with Crippen LogP contribution in [-0.4, -0.2) is 23.0 Å². The highest BCUT2D eigenvalue weighted by atomic mass is 16.4. The molecule has 0 bridgehead atoms. The first kappa shape index (κ1) is 17.9. The third-order valence-electron chi connectivity index (χ3n) is 3.23. The van der Waals surface area contributed by atoms with Gasteiger partial charge in [0, 0.05) is 13.0 Å². The lowest BCUT2D eigenvalue weighted by Gasteiger charge is -2.15. The molecule has 0 fully saturated rings. The molecule has 1 atom stereocenters. The Morgan fingerprint density at radius 3 is 2.00 bits per heavy atom. The third-order valence-corrected chi connectivity index (χ3v) is 3.23. The lowest BCUT2D eigenvalue weighted by atomic mass is 10.0. The summed E-state index contributed by atoms with van der Waals surface area (Å²) in [7, 11) is 0. The van der Waals surface area contributed by atoms with E-state index in [2.05, 4.69) is 12.2 Å². The van der Waals surface area contributed by atoms with Crippen molar-refractivity contribution >= 4 is 11.9 Å². The van der Waals surface area contributed by atoms with E-state index in [1.54, 1.807) is 0 Å². The minimum atomic E-state index is -0.849. The molecule has 0 spiro atoms. The molecule has 19 heavy (non-hydrogen) atoms. The standard InChI is InChI=1S/C15H29NO3/c1-3-4-5-6-7-8-9-10-11-14(12-15(18)19)16-13(2)17/h14H,3-12H2,1-2H3,(H,16,17)(H,18,19). The Morgan fingerprint density at radius 1 is 1.00 bits per heavy atom. The first-order valence-electron chi connectivity index (χ1n) is 7.55. The lowest BCUT2D eigenvalue weighted by Crippen LogP contribution is -2.34. The summed E-state index contributed by atoms with van der Waals surface area (Å²) >= 11 is 0. The van der Waals surface area contributed by atoms with Gasteiger partial charge in [0.15, 0.2) is 0 Å². The van der Waals surface area contributed by atoms with E-state index in [4.69, 9.17) is 5.11 Å². The summed E-state index contributed by atoms with van der Waals surface area (Å²) in [6.07, 6.45) is 10.6. The van der Waals surface area contributed by atoms with E-state index < -0.39 is 5.97 Å². The SMILES string of the molecule is CCCCCCCCCCC(CC(=O)O)NC(C)=O. The highest BCUT2D eigenvalue weighted by Gasteiger charge is 2.13. The average Bonchev–Trinajstić information content (AvgIpc) is 2.30. The molecule has 0 saturated heterocycles. The van der Waals surface area contributed by atoms with Crippen LogP contribution in [0.1, 0.15) is 78.1 Å². The number of rotatable bonds is 12. The number of carbonyl (C=O) groups excluding carboxylic acids is 1. The maximum atomic E-state index is 11.0. The molecule has 0 aliphatic heterocycles. The molecule has 0 radical (unpaired) electrons. The molecule has 0 aromatic rings. The third kappa shape index (κ3) is 13.2. The van der Waals surface area contributed by atoms with Crippen molar-refractivity contribution in [2.45, 2.75) is 84.1 Å². The maximum absolute atomic E-state index is 11.0. The fourth-order valence-electron chi connectivity index (χ4n) is 2.25. The van der Waals surface area contributed by atoms with Crippen molar-refractivity contribution in [3.05, 3.63) is 0 Å². The Kier molecular flexibility index (Phi) is 11.3. The predicted molar refractivity (Wildman–Crippen MR) is 77.1 cm³/mol. The summed E-state index contributed by atoms with van der Waals surface area (Å²) < 4.78 is 0. The molecule has 0 aromatic heterocycles. The van der Waals surface area contributed by atoms with Crippen molar-refractivity contribution in [2.24, 2.45) is 0 Å². The highest BCUT2D eigenvalue weighted by molar-refractivity contribution is 5.74. The fourth-order valence-corrected chi connectivity index (χ4v) is 2.25. The summed E-state index contributed by atoms with van der Waals surface area (Å²) in [5, 5.41) is 11.5. The second-order valence-electron chi connectivity index (χ2n) is 5.26. The number of amides is 1. The molecule has 0 aliphatic rings. The van der Waals surface area contributed by atoms with Gasteiger partial charge >= 0.3 is 5.97 Å².